The Bertz CT molecular complexity index is 889. The summed E-state index contributed by atoms with van der Waals surface area (Å²) < 4.78 is 0. The Kier molecular flexibility index (Phi) is 7.22. The number of carbonyl (C=O) groups excluding carboxylic acids is 2. The number of rotatable bonds is 8. The van der Waals surface area contributed by atoms with Gasteiger partial charge in [0.25, 0.3) is 0 Å². The van der Waals surface area contributed by atoms with Crippen molar-refractivity contribution in [3.63, 3.8) is 0 Å². The van der Waals surface area contributed by atoms with Gasteiger partial charge >= 0.3 is 0 Å². The first-order valence-electron chi connectivity index (χ1n) is 11.9. The average molecular weight is 426 g/mol. The van der Waals surface area contributed by atoms with Crippen LogP contribution in [0.2, 0.25) is 0 Å². The Balaban J connectivity index is 1.40. The minimum Gasteiger partial charge on any atom is -0.350 e. The van der Waals surface area contributed by atoms with E-state index in [0.29, 0.717) is 12.5 Å². The Morgan fingerprint density at radius 3 is 2.87 bits per heavy atom. The van der Waals surface area contributed by atoms with Gasteiger partial charge in [0.2, 0.25) is 11.8 Å². The van der Waals surface area contributed by atoms with Gasteiger partial charge in [-0.25, -0.2) is 4.98 Å². The zero-order valence-corrected chi connectivity index (χ0v) is 18.5. The third-order valence-corrected chi connectivity index (χ3v) is 6.92. The zero-order chi connectivity index (χ0) is 21.6. The number of aromatic nitrogens is 2. The minimum absolute atomic E-state index is 0.00529. The summed E-state index contributed by atoms with van der Waals surface area (Å²) >= 11 is 0. The molecule has 3 heterocycles. The van der Waals surface area contributed by atoms with Crippen LogP contribution >= 0.6 is 0 Å². The van der Waals surface area contributed by atoms with Crippen LogP contribution in [0.4, 0.5) is 0 Å². The Hall–Kier alpha value is -2.41. The number of hydrogen-bond donors (Lipinski definition) is 3. The van der Waals surface area contributed by atoms with E-state index in [1.165, 1.54) is 19.3 Å². The normalized spacial score (nSPS) is 21.3. The van der Waals surface area contributed by atoms with E-state index in [9.17, 15) is 9.59 Å². The van der Waals surface area contributed by atoms with Crippen molar-refractivity contribution in [1.82, 2.24) is 25.5 Å². The zero-order valence-electron chi connectivity index (χ0n) is 18.5. The second kappa shape index (κ2) is 10.3. The van der Waals surface area contributed by atoms with Crippen molar-refractivity contribution in [2.75, 3.05) is 13.1 Å². The maximum Gasteiger partial charge on any atom is 0.242 e. The molecule has 7 nitrogen and oxygen atoms in total. The molecule has 3 N–H and O–H groups in total. The second-order valence-electron chi connectivity index (χ2n) is 9.06. The number of H-pyrrole nitrogens is 1. The van der Waals surface area contributed by atoms with Crippen molar-refractivity contribution >= 4 is 22.8 Å². The first kappa shape index (κ1) is 21.8. The number of carbonyl (C=O) groups is 2. The number of likely N-dealkylation sites (tertiary alicyclic amines) is 1. The summed E-state index contributed by atoms with van der Waals surface area (Å²) in [5.41, 5.74) is 1.80. The second-order valence-corrected chi connectivity index (χ2v) is 9.06. The quantitative estimate of drug-likeness (QED) is 0.606. The van der Waals surface area contributed by atoms with Crippen LogP contribution in [0.15, 0.2) is 24.5 Å². The Morgan fingerprint density at radius 2 is 2.06 bits per heavy atom. The van der Waals surface area contributed by atoms with Crippen molar-refractivity contribution in [2.24, 2.45) is 5.92 Å². The number of amides is 2. The molecule has 2 aromatic rings. The summed E-state index contributed by atoms with van der Waals surface area (Å²) in [7, 11) is 0. The molecular formula is C24H35N5O2. The lowest BCUT2D eigenvalue weighted by atomic mass is 9.84. The molecule has 0 aromatic carbocycles. The van der Waals surface area contributed by atoms with Gasteiger partial charge in [-0.3, -0.25) is 14.5 Å². The van der Waals surface area contributed by atoms with Gasteiger partial charge in [-0.15, -0.1) is 0 Å². The lowest BCUT2D eigenvalue weighted by Gasteiger charge is -2.29. The van der Waals surface area contributed by atoms with Gasteiger partial charge in [0, 0.05) is 24.3 Å². The molecule has 0 spiro atoms. The summed E-state index contributed by atoms with van der Waals surface area (Å²) in [6, 6.07) is 3.43. The van der Waals surface area contributed by atoms with E-state index in [0.717, 1.165) is 61.8 Å². The van der Waals surface area contributed by atoms with Crippen molar-refractivity contribution in [1.29, 1.82) is 0 Å². The van der Waals surface area contributed by atoms with Crippen LogP contribution in [0.25, 0.3) is 11.0 Å². The van der Waals surface area contributed by atoms with Crippen LogP contribution in [-0.4, -0.2) is 51.9 Å². The molecule has 2 amide bonds. The maximum atomic E-state index is 13.1. The topological polar surface area (TPSA) is 90.1 Å². The summed E-state index contributed by atoms with van der Waals surface area (Å²) in [5.74, 6) is 0.424. The van der Waals surface area contributed by atoms with Gasteiger partial charge in [-0.2, -0.15) is 0 Å². The van der Waals surface area contributed by atoms with Crippen LogP contribution in [-0.2, 0) is 16.1 Å². The average Bonchev–Trinajstić information content (AvgIpc) is 3.46. The molecule has 2 aliphatic rings. The number of pyridine rings is 1. The highest BCUT2D eigenvalue weighted by atomic mass is 16.2. The first-order valence-corrected chi connectivity index (χ1v) is 11.9. The molecule has 0 radical (unpaired) electrons. The molecule has 1 aliphatic heterocycles. The smallest absolute Gasteiger partial charge is 0.242 e. The molecule has 2 fully saturated rings. The maximum absolute atomic E-state index is 13.1. The molecule has 4 rings (SSSR count). The first-order chi connectivity index (χ1) is 15.1. The fourth-order valence-electron chi connectivity index (χ4n) is 5.15. The monoisotopic (exact) mass is 425 g/mol. The van der Waals surface area contributed by atoms with Crippen LogP contribution in [0.3, 0.4) is 0 Å². The van der Waals surface area contributed by atoms with Crippen molar-refractivity contribution in [3.05, 3.63) is 30.1 Å². The van der Waals surface area contributed by atoms with Crippen molar-refractivity contribution in [2.45, 2.75) is 76.9 Å². The SMILES string of the molecule is CCN1CCC[C@@H]1C(=O)N[C@@H](CC1CCCCC1)C(=O)NCc1cnc2[nH]ccc2c1. The van der Waals surface area contributed by atoms with E-state index < -0.39 is 6.04 Å². The molecule has 1 saturated carbocycles. The molecule has 1 aliphatic carbocycles. The van der Waals surface area contributed by atoms with Crippen LogP contribution in [0, 0.1) is 5.92 Å². The van der Waals surface area contributed by atoms with Crippen molar-refractivity contribution < 1.29 is 9.59 Å². The van der Waals surface area contributed by atoms with E-state index in [4.69, 9.17) is 0 Å². The molecule has 0 bridgehead atoms. The number of nitrogens with zero attached hydrogens (tertiary/aromatic N) is 2. The van der Waals surface area contributed by atoms with Gasteiger partial charge in [0.1, 0.15) is 11.7 Å². The standard InChI is InChI=1S/C24H35N5O2/c1-2-29-12-6-9-21(29)24(31)28-20(14-17-7-4-3-5-8-17)23(30)27-16-18-13-19-10-11-25-22(19)26-15-18/h10-11,13,15,17,20-21H,2-9,12,14,16H2,1H3,(H,25,26)(H,27,30)(H,28,31)/t20-,21+/m0/s1. The lowest BCUT2D eigenvalue weighted by molar-refractivity contribution is -0.132. The highest BCUT2D eigenvalue weighted by Gasteiger charge is 2.33. The molecule has 2 aromatic heterocycles. The number of likely N-dealkylation sites (N-methyl/N-ethyl adjacent to an activating group) is 1. The number of hydrogen-bond acceptors (Lipinski definition) is 4. The summed E-state index contributed by atoms with van der Waals surface area (Å²) in [4.78, 5) is 35.8. The van der Waals surface area contributed by atoms with E-state index in [1.54, 1.807) is 6.20 Å². The van der Waals surface area contributed by atoms with Gasteiger partial charge in [-0.1, -0.05) is 39.0 Å². The molecule has 1 saturated heterocycles. The highest BCUT2D eigenvalue weighted by molar-refractivity contribution is 5.90. The largest absolute Gasteiger partial charge is 0.350 e. The van der Waals surface area contributed by atoms with Crippen LogP contribution < -0.4 is 10.6 Å². The number of aromatic amines is 1. The van der Waals surface area contributed by atoms with E-state index >= 15 is 0 Å². The van der Waals surface area contributed by atoms with Gasteiger partial charge in [0.15, 0.2) is 0 Å². The molecule has 0 unspecified atom stereocenters. The number of fused-ring (bicyclic) bond motifs is 1. The van der Waals surface area contributed by atoms with E-state index in [1.807, 2.05) is 18.3 Å². The van der Waals surface area contributed by atoms with Crippen LogP contribution in [0.5, 0.6) is 0 Å². The number of nitrogens with one attached hydrogen (secondary N) is 3. The van der Waals surface area contributed by atoms with Crippen molar-refractivity contribution in [3.8, 4) is 0 Å². The van der Waals surface area contributed by atoms with Gasteiger partial charge in [-0.05, 0) is 56.0 Å². The Morgan fingerprint density at radius 1 is 1.23 bits per heavy atom. The summed E-state index contributed by atoms with van der Waals surface area (Å²) in [6.45, 7) is 4.33. The predicted molar refractivity (Wildman–Crippen MR) is 121 cm³/mol. The third-order valence-electron chi connectivity index (χ3n) is 6.92. The molecule has 7 heteroatoms. The van der Waals surface area contributed by atoms with E-state index in [2.05, 4.69) is 32.4 Å². The summed E-state index contributed by atoms with van der Waals surface area (Å²) in [6.07, 6.45) is 12.3. The molecule has 168 valence electrons. The molecular weight excluding hydrogens is 390 g/mol. The fraction of sp³-hybridized carbons (Fsp3) is 0.625. The fourth-order valence-corrected chi connectivity index (χ4v) is 5.15. The molecule has 2 atom stereocenters. The third kappa shape index (κ3) is 5.45. The lowest BCUT2D eigenvalue weighted by Crippen LogP contribution is -2.52. The Labute approximate surface area is 184 Å². The van der Waals surface area contributed by atoms with E-state index in [-0.39, 0.29) is 17.9 Å². The molecule has 31 heavy (non-hydrogen) atoms. The highest BCUT2D eigenvalue weighted by Crippen LogP contribution is 2.28. The van der Waals surface area contributed by atoms with Gasteiger partial charge < -0.3 is 15.6 Å². The minimum atomic E-state index is -0.473. The predicted octanol–water partition coefficient (Wildman–Crippen LogP) is 3.12. The summed E-state index contributed by atoms with van der Waals surface area (Å²) in [5, 5.41) is 7.20. The van der Waals surface area contributed by atoms with Crippen LogP contribution in [0.1, 0.15) is 63.9 Å². The van der Waals surface area contributed by atoms with Gasteiger partial charge in [0.05, 0.1) is 6.04 Å².